The Morgan fingerprint density at radius 3 is 2.31 bits per heavy atom. The molecule has 2 rings (SSSR count). The van der Waals surface area contributed by atoms with Gasteiger partial charge in [-0.2, -0.15) is 13.2 Å². The molecule has 138 valence electrons. The Balaban J connectivity index is 1.99. The minimum absolute atomic E-state index is 0.0228. The van der Waals surface area contributed by atoms with Gasteiger partial charge in [0.15, 0.2) is 5.78 Å². The Hall–Kier alpha value is -2.34. The number of anilines is 1. The number of ketones is 1. The van der Waals surface area contributed by atoms with Gasteiger partial charge in [0.2, 0.25) is 5.91 Å². The summed E-state index contributed by atoms with van der Waals surface area (Å²) >= 11 is 5.53. The molecule has 0 heterocycles. The molecule has 2 aromatic rings. The zero-order valence-corrected chi connectivity index (χ0v) is 15.0. The molecule has 0 fully saturated rings. The highest BCUT2D eigenvalue weighted by molar-refractivity contribution is 6.31. The molecule has 0 saturated heterocycles. The molecule has 7 heteroatoms. The van der Waals surface area contributed by atoms with E-state index in [2.05, 4.69) is 5.32 Å². The van der Waals surface area contributed by atoms with Crippen LogP contribution in [0.2, 0.25) is 5.02 Å². The highest BCUT2D eigenvalue weighted by Crippen LogP contribution is 2.36. The maximum Gasteiger partial charge on any atom is 0.417 e. The second-order valence-corrected chi connectivity index (χ2v) is 6.37. The molecule has 0 aliphatic carbocycles. The van der Waals surface area contributed by atoms with E-state index in [0.29, 0.717) is 5.56 Å². The number of hydrogen-bond donors (Lipinski definition) is 1. The van der Waals surface area contributed by atoms with Crippen molar-refractivity contribution in [2.75, 3.05) is 5.32 Å². The van der Waals surface area contributed by atoms with Crippen molar-refractivity contribution >= 4 is 29.0 Å². The Morgan fingerprint density at radius 2 is 1.69 bits per heavy atom. The molecule has 0 bridgehead atoms. The molecule has 0 atom stereocenters. The normalized spacial score (nSPS) is 11.3. The zero-order valence-electron chi connectivity index (χ0n) is 14.2. The van der Waals surface area contributed by atoms with Gasteiger partial charge < -0.3 is 5.32 Å². The highest BCUT2D eigenvalue weighted by Gasteiger charge is 2.33. The summed E-state index contributed by atoms with van der Waals surface area (Å²) in [5.41, 5.74) is 1.49. The number of nitrogens with one attached hydrogen (secondary N) is 1. The van der Waals surface area contributed by atoms with Crippen LogP contribution in [0.5, 0.6) is 0 Å². The van der Waals surface area contributed by atoms with Crippen molar-refractivity contribution in [2.24, 2.45) is 0 Å². The van der Waals surface area contributed by atoms with E-state index in [1.807, 2.05) is 19.9 Å². The largest absolute Gasteiger partial charge is 0.417 e. The van der Waals surface area contributed by atoms with E-state index in [9.17, 15) is 22.8 Å². The summed E-state index contributed by atoms with van der Waals surface area (Å²) in [6.45, 7) is 3.82. The van der Waals surface area contributed by atoms with Crippen molar-refractivity contribution < 1.29 is 22.8 Å². The number of amides is 1. The first-order valence-corrected chi connectivity index (χ1v) is 8.23. The topological polar surface area (TPSA) is 46.2 Å². The fraction of sp³-hybridized carbons (Fsp3) is 0.263. The Kier molecular flexibility index (Phi) is 6.08. The lowest BCUT2D eigenvalue weighted by Gasteiger charge is -2.11. The van der Waals surface area contributed by atoms with Crippen molar-refractivity contribution in [2.45, 2.75) is 32.9 Å². The molecule has 2 aromatic carbocycles. The lowest BCUT2D eigenvalue weighted by atomic mass is 10.0. The standard InChI is InChI=1S/C19H17ClF3NO2/c1-11-3-4-13(9-12(11)2)17(25)7-8-18(26)24-14-5-6-16(20)15(10-14)19(21,22)23/h3-6,9-10H,7-8H2,1-2H3,(H,24,26). The van der Waals surface area contributed by atoms with E-state index in [-0.39, 0.29) is 24.3 Å². The van der Waals surface area contributed by atoms with Crippen LogP contribution in [0.25, 0.3) is 0 Å². The smallest absolute Gasteiger partial charge is 0.326 e. The third kappa shape index (κ3) is 5.08. The van der Waals surface area contributed by atoms with Gasteiger partial charge in [-0.25, -0.2) is 0 Å². The molecule has 0 saturated carbocycles. The molecule has 0 aliphatic rings. The van der Waals surface area contributed by atoms with E-state index < -0.39 is 22.7 Å². The van der Waals surface area contributed by atoms with Gasteiger partial charge in [-0.1, -0.05) is 23.7 Å². The van der Waals surface area contributed by atoms with Crippen molar-refractivity contribution in [3.63, 3.8) is 0 Å². The molecule has 1 amide bonds. The number of Topliss-reactive ketones (excluding diaryl/α,β-unsaturated/α-hetero) is 1. The molecule has 1 N–H and O–H groups in total. The van der Waals surface area contributed by atoms with Crippen LogP contribution in [-0.2, 0) is 11.0 Å². The number of alkyl halides is 3. The van der Waals surface area contributed by atoms with Crippen LogP contribution in [0.15, 0.2) is 36.4 Å². The molecule has 3 nitrogen and oxygen atoms in total. The molecule has 0 aromatic heterocycles. The van der Waals surface area contributed by atoms with Gasteiger partial charge in [0, 0.05) is 24.1 Å². The first-order chi connectivity index (χ1) is 12.1. The maximum absolute atomic E-state index is 12.8. The van der Waals surface area contributed by atoms with Gasteiger partial charge in [0.25, 0.3) is 0 Å². The number of carbonyl (C=O) groups excluding carboxylic acids is 2. The average Bonchev–Trinajstić information content (AvgIpc) is 2.56. The van der Waals surface area contributed by atoms with Gasteiger partial charge in [-0.05, 0) is 49.2 Å². The molecular weight excluding hydrogens is 367 g/mol. The van der Waals surface area contributed by atoms with Crippen LogP contribution in [0.3, 0.4) is 0 Å². The Labute approximate surface area is 154 Å². The molecule has 0 radical (unpaired) electrons. The number of hydrogen-bond acceptors (Lipinski definition) is 2. The van der Waals surface area contributed by atoms with Crippen LogP contribution in [-0.4, -0.2) is 11.7 Å². The fourth-order valence-corrected chi connectivity index (χ4v) is 2.55. The van der Waals surface area contributed by atoms with E-state index in [1.54, 1.807) is 12.1 Å². The van der Waals surface area contributed by atoms with E-state index in [0.717, 1.165) is 23.3 Å². The lowest BCUT2D eigenvalue weighted by molar-refractivity contribution is -0.137. The second kappa shape index (κ2) is 7.91. The Morgan fingerprint density at radius 1 is 1.00 bits per heavy atom. The zero-order chi connectivity index (χ0) is 19.5. The summed E-state index contributed by atoms with van der Waals surface area (Å²) in [6.07, 6.45) is -4.78. The number of rotatable bonds is 5. The van der Waals surface area contributed by atoms with Crippen molar-refractivity contribution in [1.29, 1.82) is 0 Å². The summed E-state index contributed by atoms with van der Waals surface area (Å²) < 4.78 is 38.5. The van der Waals surface area contributed by atoms with Crippen LogP contribution >= 0.6 is 11.6 Å². The fourth-order valence-electron chi connectivity index (χ4n) is 2.33. The highest BCUT2D eigenvalue weighted by atomic mass is 35.5. The van der Waals surface area contributed by atoms with E-state index in [4.69, 9.17) is 11.6 Å². The summed E-state index contributed by atoms with van der Waals surface area (Å²) in [5.74, 6) is -0.743. The predicted octanol–water partition coefficient (Wildman–Crippen LogP) is 5.58. The summed E-state index contributed by atoms with van der Waals surface area (Å²) in [6, 6.07) is 8.39. The Bertz CT molecular complexity index is 847. The molecule has 0 unspecified atom stereocenters. The number of carbonyl (C=O) groups is 2. The molecule has 26 heavy (non-hydrogen) atoms. The summed E-state index contributed by atoms with van der Waals surface area (Å²) in [7, 11) is 0. The SMILES string of the molecule is Cc1ccc(C(=O)CCC(=O)Nc2ccc(Cl)c(C(F)(F)F)c2)cc1C. The van der Waals surface area contributed by atoms with Crippen LogP contribution < -0.4 is 5.32 Å². The molecule has 0 aliphatic heterocycles. The molecular formula is C19H17ClF3NO2. The minimum atomic E-state index is -4.61. The van der Waals surface area contributed by atoms with E-state index >= 15 is 0 Å². The second-order valence-electron chi connectivity index (χ2n) is 5.96. The number of aryl methyl sites for hydroxylation is 2. The van der Waals surface area contributed by atoms with E-state index in [1.165, 1.54) is 6.07 Å². The lowest BCUT2D eigenvalue weighted by Crippen LogP contribution is -2.14. The van der Waals surface area contributed by atoms with Gasteiger partial charge in [-0.3, -0.25) is 9.59 Å². The molecule has 0 spiro atoms. The maximum atomic E-state index is 12.8. The van der Waals surface area contributed by atoms with Crippen molar-refractivity contribution in [1.82, 2.24) is 0 Å². The first kappa shape index (κ1) is 20.0. The summed E-state index contributed by atoms with van der Waals surface area (Å²) in [4.78, 5) is 24.1. The van der Waals surface area contributed by atoms with Crippen molar-refractivity contribution in [3.8, 4) is 0 Å². The van der Waals surface area contributed by atoms with Crippen LogP contribution in [0.4, 0.5) is 18.9 Å². The van der Waals surface area contributed by atoms with Crippen LogP contribution in [0.1, 0.15) is 39.9 Å². The number of benzene rings is 2. The van der Waals surface area contributed by atoms with Gasteiger partial charge in [0.1, 0.15) is 0 Å². The van der Waals surface area contributed by atoms with Gasteiger partial charge >= 0.3 is 6.18 Å². The monoisotopic (exact) mass is 383 g/mol. The predicted molar refractivity (Wildman–Crippen MR) is 94.6 cm³/mol. The third-order valence-electron chi connectivity index (χ3n) is 3.96. The minimum Gasteiger partial charge on any atom is -0.326 e. The van der Waals surface area contributed by atoms with Crippen LogP contribution in [0, 0.1) is 13.8 Å². The number of halogens is 4. The third-order valence-corrected chi connectivity index (χ3v) is 4.29. The summed E-state index contributed by atoms with van der Waals surface area (Å²) in [5, 5.41) is 1.92. The quantitative estimate of drug-likeness (QED) is 0.685. The first-order valence-electron chi connectivity index (χ1n) is 7.85. The van der Waals surface area contributed by atoms with Gasteiger partial charge in [-0.15, -0.1) is 0 Å². The average molecular weight is 384 g/mol. The van der Waals surface area contributed by atoms with Gasteiger partial charge in [0.05, 0.1) is 10.6 Å². The van der Waals surface area contributed by atoms with Crippen molar-refractivity contribution in [3.05, 3.63) is 63.7 Å².